The van der Waals surface area contributed by atoms with Gasteiger partial charge in [0.05, 0.1) is 28.5 Å². The molecule has 1 aromatic carbocycles. The average Bonchev–Trinajstić information content (AvgIpc) is 3.40. The third-order valence-electron chi connectivity index (χ3n) is 5.72. The van der Waals surface area contributed by atoms with Gasteiger partial charge in [-0.05, 0) is 69.9 Å². The predicted molar refractivity (Wildman–Crippen MR) is 132 cm³/mol. The van der Waals surface area contributed by atoms with Crippen molar-refractivity contribution in [3.8, 4) is 11.1 Å². The Morgan fingerprint density at radius 2 is 2.03 bits per heavy atom. The summed E-state index contributed by atoms with van der Waals surface area (Å²) >= 11 is 1.62. The van der Waals surface area contributed by atoms with Crippen molar-refractivity contribution in [2.75, 3.05) is 26.4 Å². The van der Waals surface area contributed by atoms with Crippen molar-refractivity contribution in [2.45, 2.75) is 25.8 Å². The molecule has 162 valence electrons. The first kappa shape index (κ1) is 21.5. The molecule has 0 atom stereocenters. The van der Waals surface area contributed by atoms with E-state index in [1.54, 1.807) is 11.8 Å². The summed E-state index contributed by atoms with van der Waals surface area (Å²) in [6.07, 6.45) is 10.5. The number of H-pyrrole nitrogens is 1. The molecule has 2 aromatic heterocycles. The summed E-state index contributed by atoms with van der Waals surface area (Å²) in [4.78, 5) is 2.38. The highest BCUT2D eigenvalue weighted by atomic mass is 32.2. The van der Waals surface area contributed by atoms with E-state index in [9.17, 15) is 0 Å². The Balaban J connectivity index is 1.59. The van der Waals surface area contributed by atoms with Crippen LogP contribution in [0.4, 0.5) is 0 Å². The van der Waals surface area contributed by atoms with Crippen LogP contribution < -0.4 is 5.32 Å². The Hall–Kier alpha value is -2.77. The minimum Gasteiger partial charge on any atom is -0.349 e. The molecule has 0 radical (unpaired) electrons. The fraction of sp³-hybridized carbons (Fsp3) is 0.333. The van der Waals surface area contributed by atoms with Crippen molar-refractivity contribution in [1.82, 2.24) is 30.2 Å². The molecule has 2 N–H and O–H groups in total. The van der Waals surface area contributed by atoms with Gasteiger partial charge in [-0.1, -0.05) is 24.8 Å². The molecule has 7 heteroatoms. The smallest absolute Gasteiger partial charge is 0.116 e. The molecule has 0 unspecified atom stereocenters. The number of hydrogen-bond donors (Lipinski definition) is 2. The Labute approximate surface area is 188 Å². The maximum Gasteiger partial charge on any atom is 0.116 e. The van der Waals surface area contributed by atoms with E-state index >= 15 is 0 Å². The SMILES string of the molecule is C=C(C)/C=C(/NC(=C)c1n[nH]c2ccc(-c3cnn(C4CCN(C)CC4)c3)cc12)SC. The highest BCUT2D eigenvalue weighted by molar-refractivity contribution is 8.02. The standard InChI is InChI=1S/C24H30N6S/c1-16(2)12-23(31-5)26-17(3)24-21-13-18(6-7-22(21)27-28-24)19-14-25-30(15-19)20-8-10-29(4)11-9-20/h6-7,12-15,20,26H,1,3,8-11H2,2,4-5H3,(H,27,28)/b23-12-. The molecule has 6 nitrogen and oxygen atoms in total. The van der Waals surface area contributed by atoms with Gasteiger partial charge < -0.3 is 10.2 Å². The summed E-state index contributed by atoms with van der Waals surface area (Å²) in [6, 6.07) is 6.83. The van der Waals surface area contributed by atoms with Crippen LogP contribution in [0.5, 0.6) is 0 Å². The van der Waals surface area contributed by atoms with E-state index in [0.29, 0.717) is 6.04 Å². The first-order valence-corrected chi connectivity index (χ1v) is 11.8. The number of aromatic nitrogens is 4. The van der Waals surface area contributed by atoms with E-state index in [-0.39, 0.29) is 0 Å². The lowest BCUT2D eigenvalue weighted by Crippen LogP contribution is -2.31. The zero-order valence-corrected chi connectivity index (χ0v) is 19.3. The molecule has 3 aromatic rings. The lowest BCUT2D eigenvalue weighted by Gasteiger charge is -2.28. The number of fused-ring (bicyclic) bond motifs is 1. The van der Waals surface area contributed by atoms with E-state index in [1.807, 2.05) is 25.5 Å². The number of allylic oxidation sites excluding steroid dienone is 2. The van der Waals surface area contributed by atoms with Crippen molar-refractivity contribution < 1.29 is 0 Å². The lowest BCUT2D eigenvalue weighted by molar-refractivity contribution is 0.212. The molecular formula is C24H30N6S. The van der Waals surface area contributed by atoms with Gasteiger partial charge in [0.25, 0.3) is 0 Å². The first-order chi connectivity index (χ1) is 14.9. The van der Waals surface area contributed by atoms with E-state index in [1.165, 1.54) is 0 Å². The summed E-state index contributed by atoms with van der Waals surface area (Å²) in [6.45, 7) is 12.4. The molecule has 0 saturated carbocycles. The van der Waals surface area contributed by atoms with E-state index in [2.05, 4.69) is 74.8 Å². The van der Waals surface area contributed by atoms with Crippen LogP contribution in [0.15, 0.2) is 60.4 Å². The van der Waals surface area contributed by atoms with Gasteiger partial charge in [-0.15, -0.1) is 11.8 Å². The van der Waals surface area contributed by atoms with Crippen LogP contribution in [0.1, 0.15) is 31.5 Å². The van der Waals surface area contributed by atoms with Crippen molar-refractivity contribution in [2.24, 2.45) is 0 Å². The number of piperidine rings is 1. The summed E-state index contributed by atoms with van der Waals surface area (Å²) in [7, 11) is 2.18. The van der Waals surface area contributed by atoms with Crippen LogP contribution in [-0.4, -0.2) is 51.3 Å². The lowest BCUT2D eigenvalue weighted by atomic mass is 10.0. The Morgan fingerprint density at radius 3 is 2.74 bits per heavy atom. The monoisotopic (exact) mass is 434 g/mol. The molecular weight excluding hydrogens is 404 g/mol. The summed E-state index contributed by atoms with van der Waals surface area (Å²) in [5, 5.41) is 17.7. The van der Waals surface area contributed by atoms with E-state index < -0.39 is 0 Å². The first-order valence-electron chi connectivity index (χ1n) is 10.5. The van der Waals surface area contributed by atoms with Gasteiger partial charge in [0.1, 0.15) is 5.69 Å². The third-order valence-corrected chi connectivity index (χ3v) is 6.38. The predicted octanol–water partition coefficient (Wildman–Crippen LogP) is 5.03. The number of likely N-dealkylation sites (tertiary alicyclic amines) is 1. The number of thioether (sulfide) groups is 1. The van der Waals surface area contributed by atoms with Gasteiger partial charge in [0.2, 0.25) is 0 Å². The Bertz CT molecular complexity index is 1130. The highest BCUT2D eigenvalue weighted by Crippen LogP contribution is 2.29. The molecule has 1 aliphatic rings. The van der Waals surface area contributed by atoms with Gasteiger partial charge in [0, 0.05) is 17.1 Å². The maximum atomic E-state index is 4.67. The fourth-order valence-electron chi connectivity index (χ4n) is 3.95. The van der Waals surface area contributed by atoms with Crippen molar-refractivity contribution in [3.05, 3.63) is 66.1 Å². The van der Waals surface area contributed by atoms with Crippen LogP contribution in [0.3, 0.4) is 0 Å². The minimum atomic E-state index is 0.479. The number of nitrogens with one attached hydrogen (secondary N) is 2. The Morgan fingerprint density at radius 1 is 1.26 bits per heavy atom. The number of rotatable bonds is 7. The largest absolute Gasteiger partial charge is 0.349 e. The van der Waals surface area contributed by atoms with Gasteiger partial charge in [-0.3, -0.25) is 9.78 Å². The topological polar surface area (TPSA) is 61.8 Å². The normalized spacial score (nSPS) is 16.0. The van der Waals surface area contributed by atoms with Crippen LogP contribution in [0, 0.1) is 0 Å². The van der Waals surface area contributed by atoms with Crippen LogP contribution >= 0.6 is 11.8 Å². The van der Waals surface area contributed by atoms with Gasteiger partial charge in [-0.25, -0.2) is 0 Å². The second kappa shape index (κ2) is 9.16. The minimum absolute atomic E-state index is 0.479. The van der Waals surface area contributed by atoms with Crippen molar-refractivity contribution in [1.29, 1.82) is 0 Å². The van der Waals surface area contributed by atoms with E-state index in [0.717, 1.165) is 70.0 Å². The maximum absolute atomic E-state index is 4.67. The van der Waals surface area contributed by atoms with Gasteiger partial charge in [0.15, 0.2) is 0 Å². The van der Waals surface area contributed by atoms with Crippen LogP contribution in [0.25, 0.3) is 27.7 Å². The third kappa shape index (κ3) is 4.78. The van der Waals surface area contributed by atoms with Crippen molar-refractivity contribution in [3.63, 3.8) is 0 Å². The number of hydrogen-bond acceptors (Lipinski definition) is 5. The molecule has 1 saturated heterocycles. The van der Waals surface area contributed by atoms with Crippen LogP contribution in [-0.2, 0) is 0 Å². The summed E-state index contributed by atoms with van der Waals surface area (Å²) in [5.41, 5.74) is 5.80. The van der Waals surface area contributed by atoms with E-state index in [4.69, 9.17) is 0 Å². The zero-order valence-electron chi connectivity index (χ0n) is 18.5. The quantitative estimate of drug-likeness (QED) is 0.511. The fourth-order valence-corrected chi connectivity index (χ4v) is 4.49. The molecule has 0 aliphatic carbocycles. The Kier molecular flexibility index (Phi) is 6.34. The molecule has 4 rings (SSSR count). The second-order valence-electron chi connectivity index (χ2n) is 8.24. The molecule has 0 bridgehead atoms. The summed E-state index contributed by atoms with van der Waals surface area (Å²) in [5.74, 6) is 0. The average molecular weight is 435 g/mol. The molecule has 0 spiro atoms. The highest BCUT2D eigenvalue weighted by Gasteiger charge is 2.19. The zero-order chi connectivity index (χ0) is 22.0. The molecule has 1 aliphatic heterocycles. The van der Waals surface area contributed by atoms with Crippen LogP contribution in [0.2, 0.25) is 0 Å². The number of aromatic amines is 1. The number of nitrogens with zero attached hydrogens (tertiary/aromatic N) is 4. The summed E-state index contributed by atoms with van der Waals surface area (Å²) < 4.78 is 2.14. The van der Waals surface area contributed by atoms with Crippen molar-refractivity contribution >= 4 is 28.4 Å². The number of benzene rings is 1. The van der Waals surface area contributed by atoms with Gasteiger partial charge >= 0.3 is 0 Å². The van der Waals surface area contributed by atoms with Gasteiger partial charge in [-0.2, -0.15) is 10.2 Å². The second-order valence-corrected chi connectivity index (χ2v) is 9.09. The molecule has 31 heavy (non-hydrogen) atoms. The molecule has 0 amide bonds. The molecule has 1 fully saturated rings. The molecule has 3 heterocycles.